The summed E-state index contributed by atoms with van der Waals surface area (Å²) in [5.41, 5.74) is 0.423. The molecule has 1 unspecified atom stereocenters. The molecule has 0 fully saturated rings. The zero-order chi connectivity index (χ0) is 12.8. The summed E-state index contributed by atoms with van der Waals surface area (Å²) in [7, 11) is 1.50. The molecule has 0 aliphatic carbocycles. The van der Waals surface area contributed by atoms with Gasteiger partial charge in [0.25, 0.3) is 5.91 Å². The largest absolute Gasteiger partial charge is 0.394 e. The molecule has 1 aromatic carbocycles. The summed E-state index contributed by atoms with van der Waals surface area (Å²) < 4.78 is 5.52. The quantitative estimate of drug-likeness (QED) is 0.869. The van der Waals surface area contributed by atoms with E-state index in [2.05, 4.69) is 21.2 Å². The zero-order valence-electron chi connectivity index (χ0n) is 9.24. The Hall–Kier alpha value is -0.620. The molecule has 0 radical (unpaired) electrons. The van der Waals surface area contributed by atoms with Crippen LogP contribution in [0.25, 0.3) is 0 Å². The lowest BCUT2D eigenvalue weighted by molar-refractivity contribution is 0.0839. The van der Waals surface area contributed by atoms with Crippen LogP contribution in [0.1, 0.15) is 10.4 Å². The van der Waals surface area contributed by atoms with Crippen LogP contribution in [0.2, 0.25) is 5.02 Å². The van der Waals surface area contributed by atoms with Crippen LogP contribution in [-0.4, -0.2) is 37.4 Å². The van der Waals surface area contributed by atoms with Gasteiger partial charge in [0.2, 0.25) is 0 Å². The minimum atomic E-state index is -0.432. The number of amides is 1. The second-order valence-electron chi connectivity index (χ2n) is 3.43. The van der Waals surface area contributed by atoms with Crippen LogP contribution in [0.4, 0.5) is 0 Å². The minimum Gasteiger partial charge on any atom is -0.394 e. The summed E-state index contributed by atoms with van der Waals surface area (Å²) in [6.07, 6.45) is 0. The molecule has 0 saturated carbocycles. The van der Waals surface area contributed by atoms with Crippen molar-refractivity contribution in [2.75, 3.05) is 20.3 Å². The lowest BCUT2D eigenvalue weighted by Crippen LogP contribution is -2.40. The Kier molecular flexibility index (Phi) is 5.91. The van der Waals surface area contributed by atoms with Gasteiger partial charge in [0.15, 0.2) is 0 Å². The van der Waals surface area contributed by atoms with E-state index in [4.69, 9.17) is 21.4 Å². The molecule has 0 saturated heterocycles. The lowest BCUT2D eigenvalue weighted by Gasteiger charge is -2.15. The highest BCUT2D eigenvalue weighted by Gasteiger charge is 2.15. The van der Waals surface area contributed by atoms with Crippen molar-refractivity contribution < 1.29 is 14.6 Å². The van der Waals surface area contributed by atoms with E-state index in [1.165, 1.54) is 7.11 Å². The minimum absolute atomic E-state index is 0.183. The van der Waals surface area contributed by atoms with Gasteiger partial charge in [-0.15, -0.1) is 0 Å². The van der Waals surface area contributed by atoms with Gasteiger partial charge in [0, 0.05) is 16.6 Å². The highest BCUT2D eigenvalue weighted by atomic mass is 79.9. The van der Waals surface area contributed by atoms with Gasteiger partial charge < -0.3 is 15.2 Å². The smallest absolute Gasteiger partial charge is 0.252 e. The maximum atomic E-state index is 11.9. The van der Waals surface area contributed by atoms with Crippen molar-refractivity contribution in [3.05, 3.63) is 33.3 Å². The first kappa shape index (κ1) is 14.4. The Balaban J connectivity index is 2.78. The van der Waals surface area contributed by atoms with Crippen molar-refractivity contribution in [2.24, 2.45) is 0 Å². The number of methoxy groups -OCH3 is 1. The standard InChI is InChI=1S/C11H13BrClNO3/c1-17-6-8(5-15)14-11(16)9-4-7(13)2-3-10(9)12/h2-4,8,15H,5-6H2,1H3,(H,14,16). The Morgan fingerprint density at radius 1 is 1.65 bits per heavy atom. The Morgan fingerprint density at radius 2 is 2.35 bits per heavy atom. The average Bonchev–Trinajstić information content (AvgIpc) is 2.31. The molecule has 94 valence electrons. The number of hydrogen-bond donors (Lipinski definition) is 2. The maximum Gasteiger partial charge on any atom is 0.252 e. The molecule has 0 spiro atoms. The molecule has 17 heavy (non-hydrogen) atoms. The van der Waals surface area contributed by atoms with E-state index in [1.54, 1.807) is 18.2 Å². The monoisotopic (exact) mass is 321 g/mol. The van der Waals surface area contributed by atoms with E-state index in [9.17, 15) is 4.79 Å². The molecule has 0 aliphatic heterocycles. The van der Waals surface area contributed by atoms with Crippen molar-refractivity contribution in [3.63, 3.8) is 0 Å². The first-order valence-corrected chi connectivity index (χ1v) is 6.11. The molecule has 1 aromatic rings. The summed E-state index contributed by atoms with van der Waals surface area (Å²) in [5, 5.41) is 12.2. The van der Waals surface area contributed by atoms with Crippen molar-refractivity contribution in [3.8, 4) is 0 Å². The van der Waals surface area contributed by atoms with E-state index in [1.807, 2.05) is 0 Å². The zero-order valence-corrected chi connectivity index (χ0v) is 11.6. The SMILES string of the molecule is COCC(CO)NC(=O)c1cc(Cl)ccc1Br. The molecular formula is C11H13BrClNO3. The fourth-order valence-corrected chi connectivity index (χ4v) is 1.87. The van der Waals surface area contributed by atoms with Crippen LogP contribution in [-0.2, 0) is 4.74 Å². The summed E-state index contributed by atoms with van der Waals surface area (Å²) >= 11 is 9.09. The van der Waals surface area contributed by atoms with Gasteiger partial charge in [-0.25, -0.2) is 0 Å². The molecule has 0 heterocycles. The van der Waals surface area contributed by atoms with E-state index in [0.717, 1.165) is 0 Å². The number of halogens is 2. The van der Waals surface area contributed by atoms with Crippen molar-refractivity contribution in [2.45, 2.75) is 6.04 Å². The van der Waals surface area contributed by atoms with Gasteiger partial charge in [-0.05, 0) is 34.1 Å². The van der Waals surface area contributed by atoms with E-state index < -0.39 is 6.04 Å². The van der Waals surface area contributed by atoms with Crippen molar-refractivity contribution in [1.29, 1.82) is 0 Å². The second-order valence-corrected chi connectivity index (χ2v) is 4.72. The first-order valence-electron chi connectivity index (χ1n) is 4.94. The van der Waals surface area contributed by atoms with Crippen LogP contribution in [0.15, 0.2) is 22.7 Å². The van der Waals surface area contributed by atoms with Crippen LogP contribution in [0, 0.1) is 0 Å². The van der Waals surface area contributed by atoms with Crippen LogP contribution in [0.5, 0.6) is 0 Å². The summed E-state index contributed by atoms with van der Waals surface area (Å²) in [4.78, 5) is 11.9. The van der Waals surface area contributed by atoms with Gasteiger partial charge in [0.1, 0.15) is 0 Å². The number of carbonyl (C=O) groups is 1. The van der Waals surface area contributed by atoms with E-state index in [0.29, 0.717) is 15.1 Å². The number of aliphatic hydroxyl groups excluding tert-OH is 1. The molecule has 1 amide bonds. The van der Waals surface area contributed by atoms with Crippen molar-refractivity contribution >= 4 is 33.4 Å². The number of nitrogens with one attached hydrogen (secondary N) is 1. The highest BCUT2D eigenvalue weighted by molar-refractivity contribution is 9.10. The highest BCUT2D eigenvalue weighted by Crippen LogP contribution is 2.21. The second kappa shape index (κ2) is 6.96. The fraction of sp³-hybridized carbons (Fsp3) is 0.364. The predicted molar refractivity (Wildman–Crippen MR) is 69.4 cm³/mol. The molecule has 0 bridgehead atoms. The van der Waals surface area contributed by atoms with Crippen LogP contribution in [0.3, 0.4) is 0 Å². The van der Waals surface area contributed by atoms with Crippen LogP contribution >= 0.6 is 27.5 Å². The van der Waals surface area contributed by atoms with Gasteiger partial charge in [0.05, 0.1) is 24.8 Å². The van der Waals surface area contributed by atoms with Gasteiger partial charge in [-0.3, -0.25) is 4.79 Å². The summed E-state index contributed by atoms with van der Waals surface area (Å²) in [6, 6.07) is 4.50. The van der Waals surface area contributed by atoms with E-state index in [-0.39, 0.29) is 19.1 Å². The van der Waals surface area contributed by atoms with Crippen LogP contribution < -0.4 is 5.32 Å². The number of hydrogen-bond acceptors (Lipinski definition) is 3. The van der Waals surface area contributed by atoms with Gasteiger partial charge >= 0.3 is 0 Å². The topological polar surface area (TPSA) is 58.6 Å². The van der Waals surface area contributed by atoms with Gasteiger partial charge in [-0.1, -0.05) is 11.6 Å². The number of benzene rings is 1. The number of ether oxygens (including phenoxy) is 1. The Morgan fingerprint density at radius 3 is 2.94 bits per heavy atom. The molecule has 0 aromatic heterocycles. The molecule has 0 aliphatic rings. The number of aliphatic hydroxyl groups is 1. The molecule has 1 rings (SSSR count). The lowest BCUT2D eigenvalue weighted by atomic mass is 10.2. The maximum absolute atomic E-state index is 11.9. The number of carbonyl (C=O) groups excluding carboxylic acids is 1. The normalized spacial score (nSPS) is 12.2. The Bertz CT molecular complexity index is 400. The summed E-state index contributed by atoms with van der Waals surface area (Å²) in [6.45, 7) is 0.0676. The van der Waals surface area contributed by atoms with Gasteiger partial charge in [-0.2, -0.15) is 0 Å². The third kappa shape index (κ3) is 4.27. The average molecular weight is 323 g/mol. The third-order valence-electron chi connectivity index (χ3n) is 2.10. The van der Waals surface area contributed by atoms with E-state index >= 15 is 0 Å². The first-order chi connectivity index (χ1) is 8.08. The molecular weight excluding hydrogens is 309 g/mol. The fourth-order valence-electron chi connectivity index (χ4n) is 1.28. The number of rotatable bonds is 5. The molecule has 4 nitrogen and oxygen atoms in total. The van der Waals surface area contributed by atoms with Crippen molar-refractivity contribution in [1.82, 2.24) is 5.32 Å². The molecule has 2 N–H and O–H groups in total. The Labute approximate surface area is 113 Å². The third-order valence-corrected chi connectivity index (χ3v) is 3.02. The summed E-state index contributed by atoms with van der Waals surface area (Å²) in [5.74, 6) is -0.310. The molecule has 1 atom stereocenters. The molecule has 6 heteroatoms. The predicted octanol–water partition coefficient (Wildman–Crippen LogP) is 1.84.